The number of carbonyl (C=O) groups is 2. The van der Waals surface area contributed by atoms with Gasteiger partial charge in [-0.2, -0.15) is 0 Å². The molecule has 2 amide bonds. The van der Waals surface area contributed by atoms with Crippen molar-refractivity contribution in [3.63, 3.8) is 0 Å². The number of carbonyl (C=O) groups excluding carboxylic acids is 2. The molecule has 0 spiro atoms. The second kappa shape index (κ2) is 7.67. The summed E-state index contributed by atoms with van der Waals surface area (Å²) in [6.45, 7) is 3.98. The second-order valence-corrected chi connectivity index (χ2v) is 4.03. The van der Waals surface area contributed by atoms with Crippen LogP contribution >= 0.6 is 11.8 Å². The van der Waals surface area contributed by atoms with Crippen LogP contribution in [0.3, 0.4) is 0 Å². The maximum absolute atomic E-state index is 11.2. The van der Waals surface area contributed by atoms with E-state index in [1.165, 1.54) is 11.8 Å². The van der Waals surface area contributed by atoms with Crippen LogP contribution in [0.1, 0.15) is 20.3 Å². The number of hydrogen-bond acceptors (Lipinski definition) is 3. The minimum absolute atomic E-state index is 0.00625. The molecule has 0 radical (unpaired) electrons. The third-order valence-electron chi connectivity index (χ3n) is 1.76. The highest BCUT2D eigenvalue weighted by Gasteiger charge is 2.06. The standard InChI is InChI=1S/C9H18N2O2S/c1-4-7(2)11-9(13)6-14-5-8(12)10-3/h7H,4-6H2,1-3H3,(H,10,12)(H,11,13). The van der Waals surface area contributed by atoms with Gasteiger partial charge in [0.2, 0.25) is 11.8 Å². The van der Waals surface area contributed by atoms with Crippen molar-refractivity contribution in [3.05, 3.63) is 0 Å². The zero-order valence-corrected chi connectivity index (χ0v) is 9.74. The van der Waals surface area contributed by atoms with Crippen molar-refractivity contribution >= 4 is 23.6 Å². The van der Waals surface area contributed by atoms with Gasteiger partial charge in [-0.15, -0.1) is 11.8 Å². The first-order valence-electron chi connectivity index (χ1n) is 4.67. The van der Waals surface area contributed by atoms with Crippen LogP contribution in [-0.4, -0.2) is 36.4 Å². The van der Waals surface area contributed by atoms with E-state index >= 15 is 0 Å². The first-order valence-corrected chi connectivity index (χ1v) is 5.83. The highest BCUT2D eigenvalue weighted by molar-refractivity contribution is 8.00. The fourth-order valence-corrected chi connectivity index (χ4v) is 1.43. The number of nitrogens with one attached hydrogen (secondary N) is 2. The van der Waals surface area contributed by atoms with Gasteiger partial charge in [-0.05, 0) is 13.3 Å². The maximum Gasteiger partial charge on any atom is 0.230 e. The summed E-state index contributed by atoms with van der Waals surface area (Å²) in [5, 5.41) is 5.33. The Bertz CT molecular complexity index is 197. The Morgan fingerprint density at radius 2 is 1.86 bits per heavy atom. The van der Waals surface area contributed by atoms with Gasteiger partial charge in [-0.25, -0.2) is 0 Å². The van der Waals surface area contributed by atoms with E-state index in [0.717, 1.165) is 6.42 Å². The molecule has 0 aromatic rings. The van der Waals surface area contributed by atoms with Gasteiger partial charge in [0.1, 0.15) is 0 Å². The predicted octanol–water partition coefficient (Wildman–Crippen LogP) is 0.380. The van der Waals surface area contributed by atoms with Crippen molar-refractivity contribution in [2.24, 2.45) is 0 Å². The molecule has 4 nitrogen and oxygen atoms in total. The Morgan fingerprint density at radius 1 is 1.29 bits per heavy atom. The summed E-state index contributed by atoms with van der Waals surface area (Å²) >= 11 is 1.32. The number of amides is 2. The van der Waals surface area contributed by atoms with Crippen LogP contribution in [0.4, 0.5) is 0 Å². The monoisotopic (exact) mass is 218 g/mol. The Labute approximate surface area is 89.2 Å². The topological polar surface area (TPSA) is 58.2 Å². The van der Waals surface area contributed by atoms with Crippen LogP contribution in [0.5, 0.6) is 0 Å². The molecule has 5 heteroatoms. The number of rotatable bonds is 6. The second-order valence-electron chi connectivity index (χ2n) is 3.04. The molecule has 1 atom stereocenters. The fraction of sp³-hybridized carbons (Fsp3) is 0.778. The van der Waals surface area contributed by atoms with E-state index in [-0.39, 0.29) is 17.9 Å². The SMILES string of the molecule is CCC(C)NC(=O)CSCC(=O)NC. The fourth-order valence-electron chi connectivity index (χ4n) is 0.727. The lowest BCUT2D eigenvalue weighted by Crippen LogP contribution is -2.33. The minimum Gasteiger partial charge on any atom is -0.358 e. The molecule has 0 aromatic carbocycles. The van der Waals surface area contributed by atoms with Gasteiger partial charge in [0.25, 0.3) is 0 Å². The Kier molecular flexibility index (Phi) is 7.28. The minimum atomic E-state index is -0.0497. The van der Waals surface area contributed by atoms with E-state index in [4.69, 9.17) is 0 Å². The van der Waals surface area contributed by atoms with Gasteiger partial charge in [0.05, 0.1) is 11.5 Å². The molecular weight excluding hydrogens is 200 g/mol. The lowest BCUT2D eigenvalue weighted by Gasteiger charge is -2.10. The van der Waals surface area contributed by atoms with E-state index < -0.39 is 0 Å². The van der Waals surface area contributed by atoms with Crippen molar-refractivity contribution in [1.29, 1.82) is 0 Å². The van der Waals surface area contributed by atoms with Crippen LogP contribution in [-0.2, 0) is 9.59 Å². The van der Waals surface area contributed by atoms with Gasteiger partial charge >= 0.3 is 0 Å². The number of thioether (sulfide) groups is 1. The third kappa shape index (κ3) is 6.77. The third-order valence-corrected chi connectivity index (χ3v) is 2.70. The van der Waals surface area contributed by atoms with Crippen LogP contribution in [0.15, 0.2) is 0 Å². The molecule has 0 aliphatic heterocycles. The van der Waals surface area contributed by atoms with E-state index in [0.29, 0.717) is 11.5 Å². The van der Waals surface area contributed by atoms with Gasteiger partial charge < -0.3 is 10.6 Å². The first-order chi connectivity index (χ1) is 6.60. The van der Waals surface area contributed by atoms with Gasteiger partial charge in [0.15, 0.2) is 0 Å². The summed E-state index contributed by atoms with van der Waals surface area (Å²) in [6.07, 6.45) is 0.922. The van der Waals surface area contributed by atoms with Gasteiger partial charge in [-0.1, -0.05) is 6.92 Å². The zero-order valence-electron chi connectivity index (χ0n) is 8.92. The molecule has 0 aliphatic carbocycles. The average molecular weight is 218 g/mol. The molecule has 0 aliphatic rings. The zero-order chi connectivity index (χ0) is 11.0. The Morgan fingerprint density at radius 3 is 2.36 bits per heavy atom. The molecule has 0 bridgehead atoms. The summed E-state index contributed by atoms with van der Waals surface area (Å²) in [5.41, 5.74) is 0. The van der Waals surface area contributed by atoms with Gasteiger partial charge in [0, 0.05) is 13.1 Å². The molecule has 1 unspecified atom stereocenters. The summed E-state index contributed by atoms with van der Waals surface area (Å²) in [4.78, 5) is 22.0. The molecule has 0 saturated carbocycles. The van der Waals surface area contributed by atoms with Crippen LogP contribution < -0.4 is 10.6 Å². The van der Waals surface area contributed by atoms with Crippen molar-refractivity contribution in [2.45, 2.75) is 26.3 Å². The number of hydrogen-bond donors (Lipinski definition) is 2. The van der Waals surface area contributed by atoms with Crippen LogP contribution in [0.2, 0.25) is 0 Å². The quantitative estimate of drug-likeness (QED) is 0.677. The van der Waals surface area contributed by atoms with Gasteiger partial charge in [-0.3, -0.25) is 9.59 Å². The predicted molar refractivity (Wildman–Crippen MR) is 59.3 cm³/mol. The van der Waals surface area contributed by atoms with E-state index in [2.05, 4.69) is 10.6 Å². The molecule has 0 fully saturated rings. The Hall–Kier alpha value is -0.710. The normalized spacial score (nSPS) is 11.9. The summed E-state index contributed by atoms with van der Waals surface area (Å²) in [5.74, 6) is 0.627. The molecule has 0 aromatic heterocycles. The van der Waals surface area contributed by atoms with E-state index in [9.17, 15) is 9.59 Å². The Balaban J connectivity index is 3.49. The molecule has 0 rings (SSSR count). The van der Waals surface area contributed by atoms with Crippen molar-refractivity contribution < 1.29 is 9.59 Å². The summed E-state index contributed by atoms with van der Waals surface area (Å²) < 4.78 is 0. The molecule has 0 heterocycles. The maximum atomic E-state index is 11.2. The van der Waals surface area contributed by atoms with E-state index in [1.807, 2.05) is 13.8 Å². The summed E-state index contributed by atoms with van der Waals surface area (Å²) in [7, 11) is 1.59. The molecular formula is C9H18N2O2S. The first kappa shape index (κ1) is 13.3. The highest BCUT2D eigenvalue weighted by Crippen LogP contribution is 1.99. The van der Waals surface area contributed by atoms with Crippen LogP contribution in [0, 0.1) is 0 Å². The largest absolute Gasteiger partial charge is 0.358 e. The van der Waals surface area contributed by atoms with Crippen molar-refractivity contribution in [3.8, 4) is 0 Å². The van der Waals surface area contributed by atoms with Crippen molar-refractivity contribution in [1.82, 2.24) is 10.6 Å². The molecule has 82 valence electrons. The lowest BCUT2D eigenvalue weighted by molar-refractivity contribution is -0.119. The van der Waals surface area contributed by atoms with Crippen LogP contribution in [0.25, 0.3) is 0 Å². The lowest BCUT2D eigenvalue weighted by atomic mass is 10.3. The molecule has 14 heavy (non-hydrogen) atoms. The smallest absolute Gasteiger partial charge is 0.230 e. The summed E-state index contributed by atoms with van der Waals surface area (Å²) in [6, 6.07) is 0.211. The van der Waals surface area contributed by atoms with E-state index in [1.54, 1.807) is 7.05 Å². The highest BCUT2D eigenvalue weighted by atomic mass is 32.2. The molecule has 0 saturated heterocycles. The average Bonchev–Trinajstić information content (AvgIpc) is 2.17. The molecule has 2 N–H and O–H groups in total. The van der Waals surface area contributed by atoms with Crippen molar-refractivity contribution in [2.75, 3.05) is 18.6 Å².